The maximum atomic E-state index is 6.55. The maximum absolute atomic E-state index is 6.55. The molecular formula is C17H28ClN3. The Kier molecular flexibility index (Phi) is 5.91. The zero-order valence-electron chi connectivity index (χ0n) is 13.5. The van der Waals surface area contributed by atoms with Gasteiger partial charge in [0.2, 0.25) is 0 Å². The van der Waals surface area contributed by atoms with E-state index in [2.05, 4.69) is 48.9 Å². The smallest absolute Gasteiger partial charge is 0.0642 e. The van der Waals surface area contributed by atoms with Gasteiger partial charge in [-0.2, -0.15) is 0 Å². The Bertz CT molecular complexity index is 463. The summed E-state index contributed by atoms with van der Waals surface area (Å²) < 4.78 is 0. The molecule has 0 aromatic heterocycles. The molecule has 1 saturated heterocycles. The number of rotatable bonds is 4. The van der Waals surface area contributed by atoms with Gasteiger partial charge in [-0.25, -0.2) is 0 Å². The van der Waals surface area contributed by atoms with E-state index in [0.717, 1.165) is 43.2 Å². The monoisotopic (exact) mass is 309 g/mol. The fourth-order valence-electron chi connectivity index (χ4n) is 3.09. The molecule has 0 aliphatic carbocycles. The van der Waals surface area contributed by atoms with Gasteiger partial charge in [-0.1, -0.05) is 24.6 Å². The van der Waals surface area contributed by atoms with Crippen LogP contribution < -0.4 is 10.6 Å². The van der Waals surface area contributed by atoms with Crippen LogP contribution >= 0.6 is 11.6 Å². The Labute approximate surface area is 134 Å². The van der Waals surface area contributed by atoms with E-state index in [4.69, 9.17) is 17.3 Å². The fourth-order valence-corrected chi connectivity index (χ4v) is 3.40. The average Bonchev–Trinajstić information content (AvgIpc) is 2.60. The predicted octanol–water partition coefficient (Wildman–Crippen LogP) is 3.15. The number of nitrogens with two attached hydrogens (primary N) is 1. The van der Waals surface area contributed by atoms with Crippen molar-refractivity contribution in [1.29, 1.82) is 0 Å². The van der Waals surface area contributed by atoms with Gasteiger partial charge >= 0.3 is 0 Å². The summed E-state index contributed by atoms with van der Waals surface area (Å²) in [5.41, 5.74) is 8.43. The van der Waals surface area contributed by atoms with Crippen LogP contribution in [0.3, 0.4) is 0 Å². The van der Waals surface area contributed by atoms with Gasteiger partial charge in [-0.15, -0.1) is 0 Å². The Morgan fingerprint density at radius 1 is 1.38 bits per heavy atom. The van der Waals surface area contributed by atoms with Crippen molar-refractivity contribution in [2.75, 3.05) is 31.6 Å². The van der Waals surface area contributed by atoms with Crippen LogP contribution in [0.1, 0.15) is 32.3 Å². The lowest BCUT2D eigenvalue weighted by atomic mass is 10.0. The number of anilines is 1. The zero-order valence-corrected chi connectivity index (χ0v) is 14.2. The first-order valence-electron chi connectivity index (χ1n) is 8.00. The SMILES string of the molecule is CCC(N)Cc1ccc(N2CCCN(C)CC2C)c(Cl)c1. The van der Waals surface area contributed by atoms with Gasteiger partial charge < -0.3 is 15.5 Å². The number of likely N-dealkylation sites (N-methyl/N-ethyl adjacent to an activating group) is 1. The Morgan fingerprint density at radius 2 is 2.14 bits per heavy atom. The van der Waals surface area contributed by atoms with Gasteiger partial charge in [0.15, 0.2) is 0 Å². The molecule has 4 heteroatoms. The second-order valence-corrected chi connectivity index (χ2v) is 6.72. The number of halogens is 1. The summed E-state index contributed by atoms with van der Waals surface area (Å²) >= 11 is 6.55. The molecule has 0 saturated carbocycles. The molecule has 0 amide bonds. The quantitative estimate of drug-likeness (QED) is 0.927. The molecular weight excluding hydrogens is 282 g/mol. The first-order chi connectivity index (χ1) is 10.0. The lowest BCUT2D eigenvalue weighted by Crippen LogP contribution is -2.38. The van der Waals surface area contributed by atoms with E-state index in [1.807, 2.05) is 0 Å². The molecule has 2 atom stereocenters. The van der Waals surface area contributed by atoms with E-state index in [0.29, 0.717) is 6.04 Å². The summed E-state index contributed by atoms with van der Waals surface area (Å²) in [4.78, 5) is 4.84. The van der Waals surface area contributed by atoms with Crippen LogP contribution in [0.4, 0.5) is 5.69 Å². The zero-order chi connectivity index (χ0) is 15.4. The summed E-state index contributed by atoms with van der Waals surface area (Å²) in [5, 5.41) is 0.854. The summed E-state index contributed by atoms with van der Waals surface area (Å²) in [7, 11) is 2.19. The Balaban J connectivity index is 2.16. The standard InChI is InChI=1S/C17H28ClN3/c1-4-15(19)10-14-6-7-17(16(18)11-14)21-9-5-8-20(3)12-13(21)2/h6-7,11,13,15H,4-5,8-10,12,19H2,1-3H3. The van der Waals surface area contributed by atoms with E-state index < -0.39 is 0 Å². The molecule has 0 bridgehead atoms. The molecule has 1 aliphatic rings. The third-order valence-electron chi connectivity index (χ3n) is 4.39. The highest BCUT2D eigenvalue weighted by Crippen LogP contribution is 2.30. The van der Waals surface area contributed by atoms with E-state index in [9.17, 15) is 0 Å². The van der Waals surface area contributed by atoms with Gasteiger partial charge in [0.1, 0.15) is 0 Å². The number of hydrogen-bond acceptors (Lipinski definition) is 3. The third-order valence-corrected chi connectivity index (χ3v) is 4.69. The van der Waals surface area contributed by atoms with Crippen LogP contribution in [0.15, 0.2) is 18.2 Å². The molecule has 0 spiro atoms. The van der Waals surface area contributed by atoms with Crippen molar-refractivity contribution in [3.63, 3.8) is 0 Å². The summed E-state index contributed by atoms with van der Waals surface area (Å²) in [6.07, 6.45) is 3.07. The van der Waals surface area contributed by atoms with E-state index in [1.165, 1.54) is 12.0 Å². The first kappa shape index (κ1) is 16.6. The van der Waals surface area contributed by atoms with Crippen LogP contribution in [-0.2, 0) is 6.42 Å². The highest BCUT2D eigenvalue weighted by molar-refractivity contribution is 6.33. The van der Waals surface area contributed by atoms with Gasteiger partial charge in [0.25, 0.3) is 0 Å². The normalized spacial score (nSPS) is 22.1. The lowest BCUT2D eigenvalue weighted by Gasteiger charge is -2.31. The number of benzene rings is 1. The van der Waals surface area contributed by atoms with Crippen molar-refractivity contribution >= 4 is 17.3 Å². The minimum atomic E-state index is 0.220. The van der Waals surface area contributed by atoms with Crippen molar-refractivity contribution in [2.24, 2.45) is 5.73 Å². The van der Waals surface area contributed by atoms with Gasteiger partial charge in [-0.3, -0.25) is 0 Å². The van der Waals surface area contributed by atoms with Gasteiger partial charge in [-0.05, 0) is 57.5 Å². The van der Waals surface area contributed by atoms with Crippen molar-refractivity contribution in [3.8, 4) is 0 Å². The van der Waals surface area contributed by atoms with Crippen molar-refractivity contribution in [2.45, 2.75) is 45.2 Å². The lowest BCUT2D eigenvalue weighted by molar-refractivity contribution is 0.337. The molecule has 21 heavy (non-hydrogen) atoms. The largest absolute Gasteiger partial charge is 0.366 e. The second kappa shape index (κ2) is 7.48. The van der Waals surface area contributed by atoms with E-state index in [1.54, 1.807) is 0 Å². The molecule has 1 aromatic carbocycles. The highest BCUT2D eigenvalue weighted by Gasteiger charge is 2.21. The number of hydrogen-bond donors (Lipinski definition) is 1. The summed E-state index contributed by atoms with van der Waals surface area (Å²) in [6, 6.07) is 7.14. The molecule has 2 rings (SSSR count). The van der Waals surface area contributed by atoms with E-state index in [-0.39, 0.29) is 6.04 Å². The molecule has 1 aromatic rings. The minimum absolute atomic E-state index is 0.220. The van der Waals surface area contributed by atoms with Gasteiger partial charge in [0, 0.05) is 25.2 Å². The number of nitrogens with zero attached hydrogens (tertiary/aromatic N) is 2. The molecule has 118 valence electrons. The van der Waals surface area contributed by atoms with E-state index >= 15 is 0 Å². The molecule has 1 heterocycles. The molecule has 3 nitrogen and oxygen atoms in total. The summed E-state index contributed by atoms with van der Waals surface area (Å²) in [5.74, 6) is 0. The molecule has 2 N–H and O–H groups in total. The van der Waals surface area contributed by atoms with Crippen LogP contribution in [0.2, 0.25) is 5.02 Å². The Morgan fingerprint density at radius 3 is 2.81 bits per heavy atom. The predicted molar refractivity (Wildman–Crippen MR) is 92.3 cm³/mol. The summed E-state index contributed by atoms with van der Waals surface area (Å²) in [6.45, 7) is 7.70. The van der Waals surface area contributed by atoms with Crippen LogP contribution in [-0.4, -0.2) is 43.7 Å². The van der Waals surface area contributed by atoms with Crippen LogP contribution in [0.5, 0.6) is 0 Å². The first-order valence-corrected chi connectivity index (χ1v) is 8.38. The van der Waals surface area contributed by atoms with Crippen LogP contribution in [0, 0.1) is 0 Å². The van der Waals surface area contributed by atoms with Crippen molar-refractivity contribution in [3.05, 3.63) is 28.8 Å². The molecule has 0 radical (unpaired) electrons. The molecule has 1 aliphatic heterocycles. The topological polar surface area (TPSA) is 32.5 Å². The maximum Gasteiger partial charge on any atom is 0.0642 e. The van der Waals surface area contributed by atoms with Crippen LogP contribution in [0.25, 0.3) is 0 Å². The highest BCUT2D eigenvalue weighted by atomic mass is 35.5. The molecule has 1 fully saturated rings. The van der Waals surface area contributed by atoms with Gasteiger partial charge in [0.05, 0.1) is 10.7 Å². The minimum Gasteiger partial charge on any atom is -0.366 e. The third kappa shape index (κ3) is 4.35. The van der Waals surface area contributed by atoms with Crippen molar-refractivity contribution in [1.82, 2.24) is 4.90 Å². The van der Waals surface area contributed by atoms with Crippen molar-refractivity contribution < 1.29 is 0 Å². The molecule has 2 unspecified atom stereocenters. The second-order valence-electron chi connectivity index (χ2n) is 6.32. The average molecular weight is 310 g/mol. The Hall–Kier alpha value is -0.770. The fraction of sp³-hybridized carbons (Fsp3) is 0.647.